The minimum absolute atomic E-state index is 0.265. The van der Waals surface area contributed by atoms with Gasteiger partial charge in [-0.3, -0.25) is 4.79 Å². The molecule has 5 heteroatoms. The van der Waals surface area contributed by atoms with Crippen LogP contribution in [0.3, 0.4) is 0 Å². The topological polar surface area (TPSA) is 58.4 Å². The molecule has 1 unspecified atom stereocenters. The second-order valence-electron chi connectivity index (χ2n) is 4.90. The van der Waals surface area contributed by atoms with Crippen LogP contribution in [0.15, 0.2) is 18.2 Å². The minimum atomic E-state index is -0.485. The number of nitrogens with zero attached hydrogens (tertiary/aromatic N) is 1. The lowest BCUT2D eigenvalue weighted by Crippen LogP contribution is -2.30. The van der Waals surface area contributed by atoms with Gasteiger partial charge >= 0.3 is 0 Å². The fraction of sp³-hybridized carbons (Fsp3) is 0.462. The van der Waals surface area contributed by atoms with Gasteiger partial charge in [-0.05, 0) is 44.1 Å². The largest absolute Gasteiger partial charge is 0.399 e. The molecule has 1 atom stereocenters. The van der Waals surface area contributed by atoms with Crippen molar-refractivity contribution in [3.63, 3.8) is 0 Å². The van der Waals surface area contributed by atoms with Gasteiger partial charge in [-0.25, -0.2) is 4.39 Å². The highest BCUT2D eigenvalue weighted by Crippen LogP contribution is 2.14. The third-order valence-corrected chi connectivity index (χ3v) is 3.22. The van der Waals surface area contributed by atoms with Crippen molar-refractivity contribution >= 4 is 11.6 Å². The lowest BCUT2D eigenvalue weighted by Gasteiger charge is -2.12. The van der Waals surface area contributed by atoms with Gasteiger partial charge in [-0.2, -0.15) is 0 Å². The molecule has 0 aliphatic carbocycles. The maximum atomic E-state index is 13.1. The molecule has 1 aliphatic rings. The second kappa shape index (κ2) is 5.35. The summed E-state index contributed by atoms with van der Waals surface area (Å²) < 4.78 is 13.1. The zero-order chi connectivity index (χ0) is 13.1. The molecule has 1 aromatic rings. The molecule has 2 rings (SSSR count). The molecule has 1 saturated heterocycles. The quantitative estimate of drug-likeness (QED) is 0.791. The molecule has 1 heterocycles. The number of amides is 1. The van der Waals surface area contributed by atoms with E-state index in [9.17, 15) is 9.18 Å². The lowest BCUT2D eigenvalue weighted by molar-refractivity contribution is 0.0947. The molecule has 98 valence electrons. The van der Waals surface area contributed by atoms with E-state index in [2.05, 4.69) is 17.3 Å². The Balaban J connectivity index is 1.91. The van der Waals surface area contributed by atoms with Crippen molar-refractivity contribution in [3.05, 3.63) is 29.6 Å². The summed E-state index contributed by atoms with van der Waals surface area (Å²) in [7, 11) is 2.06. The molecule has 0 bridgehead atoms. The predicted octanol–water partition coefficient (Wildman–Crippen LogP) is 1.09. The zero-order valence-corrected chi connectivity index (χ0v) is 10.4. The van der Waals surface area contributed by atoms with Crippen LogP contribution in [0.1, 0.15) is 16.8 Å². The lowest BCUT2D eigenvalue weighted by atomic mass is 10.1. The fourth-order valence-electron chi connectivity index (χ4n) is 2.28. The number of hydrogen-bond acceptors (Lipinski definition) is 3. The molecule has 0 aromatic heterocycles. The molecule has 1 aliphatic heterocycles. The van der Waals surface area contributed by atoms with Crippen molar-refractivity contribution in [1.82, 2.24) is 10.2 Å². The summed E-state index contributed by atoms with van der Waals surface area (Å²) in [4.78, 5) is 14.1. The van der Waals surface area contributed by atoms with E-state index in [1.165, 1.54) is 18.2 Å². The summed E-state index contributed by atoms with van der Waals surface area (Å²) in [6.07, 6.45) is 1.09. The van der Waals surface area contributed by atoms with E-state index in [1.54, 1.807) is 0 Å². The van der Waals surface area contributed by atoms with Crippen LogP contribution in [-0.4, -0.2) is 37.5 Å². The van der Waals surface area contributed by atoms with Gasteiger partial charge in [0.2, 0.25) is 0 Å². The number of halogens is 1. The Kier molecular flexibility index (Phi) is 3.81. The smallest absolute Gasteiger partial charge is 0.251 e. The Morgan fingerprint density at radius 3 is 2.94 bits per heavy atom. The summed E-state index contributed by atoms with van der Waals surface area (Å²) in [5.41, 5.74) is 6.05. The zero-order valence-electron chi connectivity index (χ0n) is 10.4. The number of likely N-dealkylation sites (tertiary alicyclic amines) is 1. The fourth-order valence-corrected chi connectivity index (χ4v) is 2.28. The monoisotopic (exact) mass is 251 g/mol. The van der Waals surface area contributed by atoms with Gasteiger partial charge in [-0.1, -0.05) is 0 Å². The summed E-state index contributed by atoms with van der Waals surface area (Å²) in [6.45, 7) is 2.68. The van der Waals surface area contributed by atoms with Crippen molar-refractivity contribution in [2.24, 2.45) is 5.92 Å². The number of rotatable bonds is 3. The van der Waals surface area contributed by atoms with E-state index in [4.69, 9.17) is 5.73 Å². The molecular formula is C13H18FN3O. The van der Waals surface area contributed by atoms with E-state index < -0.39 is 5.82 Å². The number of nitrogen functional groups attached to an aromatic ring is 1. The van der Waals surface area contributed by atoms with Gasteiger partial charge in [0.15, 0.2) is 0 Å². The number of carbonyl (C=O) groups excluding carboxylic acids is 1. The van der Waals surface area contributed by atoms with E-state index in [-0.39, 0.29) is 17.2 Å². The van der Waals surface area contributed by atoms with Crippen LogP contribution < -0.4 is 11.1 Å². The van der Waals surface area contributed by atoms with Gasteiger partial charge in [-0.15, -0.1) is 0 Å². The van der Waals surface area contributed by atoms with E-state index in [1.807, 2.05) is 0 Å². The molecule has 1 fully saturated rings. The summed E-state index contributed by atoms with van der Waals surface area (Å²) in [6, 6.07) is 3.88. The third-order valence-electron chi connectivity index (χ3n) is 3.22. The first kappa shape index (κ1) is 12.8. The number of nitrogens with one attached hydrogen (secondary N) is 1. The Bertz CT molecular complexity index is 430. The Hall–Kier alpha value is -1.62. The first-order valence-electron chi connectivity index (χ1n) is 6.07. The molecule has 0 radical (unpaired) electrons. The standard InChI is InChI=1S/C13H18FN3O/c1-17-3-2-9(8-17)7-16-13(18)10-4-11(14)6-12(15)5-10/h4-6,9H,2-3,7-8,15H2,1H3,(H,16,18). The number of hydrogen-bond donors (Lipinski definition) is 2. The van der Waals surface area contributed by atoms with Crippen LogP contribution in [-0.2, 0) is 0 Å². The highest BCUT2D eigenvalue weighted by Gasteiger charge is 2.20. The number of benzene rings is 1. The second-order valence-corrected chi connectivity index (χ2v) is 4.90. The maximum absolute atomic E-state index is 13.1. The van der Waals surface area contributed by atoms with Gasteiger partial charge in [0.1, 0.15) is 5.82 Å². The minimum Gasteiger partial charge on any atom is -0.399 e. The average molecular weight is 251 g/mol. The van der Waals surface area contributed by atoms with Crippen molar-refractivity contribution in [3.8, 4) is 0 Å². The van der Waals surface area contributed by atoms with Crippen LogP contribution in [0.5, 0.6) is 0 Å². The molecule has 0 saturated carbocycles. The van der Waals surface area contributed by atoms with Gasteiger partial charge in [0.05, 0.1) is 0 Å². The van der Waals surface area contributed by atoms with Crippen LogP contribution in [0.4, 0.5) is 10.1 Å². The highest BCUT2D eigenvalue weighted by atomic mass is 19.1. The molecule has 0 spiro atoms. The molecule has 4 nitrogen and oxygen atoms in total. The number of nitrogens with two attached hydrogens (primary N) is 1. The maximum Gasteiger partial charge on any atom is 0.251 e. The molecule has 1 amide bonds. The van der Waals surface area contributed by atoms with Crippen LogP contribution in [0, 0.1) is 11.7 Å². The Labute approximate surface area is 106 Å². The predicted molar refractivity (Wildman–Crippen MR) is 68.7 cm³/mol. The molecule has 1 aromatic carbocycles. The first-order chi connectivity index (χ1) is 8.54. The Morgan fingerprint density at radius 2 is 2.33 bits per heavy atom. The number of anilines is 1. The van der Waals surface area contributed by atoms with Crippen LogP contribution >= 0.6 is 0 Å². The normalized spacial score (nSPS) is 20.0. The molecular weight excluding hydrogens is 233 g/mol. The van der Waals surface area contributed by atoms with Crippen molar-refractivity contribution in [1.29, 1.82) is 0 Å². The van der Waals surface area contributed by atoms with E-state index in [0.717, 1.165) is 19.5 Å². The van der Waals surface area contributed by atoms with Crippen molar-refractivity contribution < 1.29 is 9.18 Å². The highest BCUT2D eigenvalue weighted by molar-refractivity contribution is 5.95. The number of carbonyl (C=O) groups is 1. The molecule has 3 N–H and O–H groups in total. The molecule has 18 heavy (non-hydrogen) atoms. The summed E-state index contributed by atoms with van der Waals surface area (Å²) in [5, 5.41) is 2.83. The SMILES string of the molecule is CN1CCC(CNC(=O)c2cc(N)cc(F)c2)C1. The van der Waals surface area contributed by atoms with Gasteiger partial charge in [0, 0.05) is 24.3 Å². The van der Waals surface area contributed by atoms with E-state index >= 15 is 0 Å². The van der Waals surface area contributed by atoms with Crippen molar-refractivity contribution in [2.45, 2.75) is 6.42 Å². The summed E-state index contributed by atoms with van der Waals surface area (Å²) >= 11 is 0. The third kappa shape index (κ3) is 3.20. The van der Waals surface area contributed by atoms with Crippen molar-refractivity contribution in [2.75, 3.05) is 32.4 Å². The van der Waals surface area contributed by atoms with E-state index in [0.29, 0.717) is 12.5 Å². The first-order valence-corrected chi connectivity index (χ1v) is 6.07. The van der Waals surface area contributed by atoms with Crippen LogP contribution in [0.2, 0.25) is 0 Å². The van der Waals surface area contributed by atoms with Gasteiger partial charge in [0.25, 0.3) is 5.91 Å². The average Bonchev–Trinajstić information content (AvgIpc) is 2.70. The van der Waals surface area contributed by atoms with Crippen LogP contribution in [0.25, 0.3) is 0 Å². The van der Waals surface area contributed by atoms with Gasteiger partial charge < -0.3 is 16.0 Å². The Morgan fingerprint density at radius 1 is 1.56 bits per heavy atom. The summed E-state index contributed by atoms with van der Waals surface area (Å²) in [5.74, 6) is -0.277.